The summed E-state index contributed by atoms with van der Waals surface area (Å²) < 4.78 is 0. The van der Waals surface area contributed by atoms with Crippen LogP contribution >= 0.6 is 32.1 Å². The van der Waals surface area contributed by atoms with Gasteiger partial charge in [-0.3, -0.25) is 0 Å². The first-order chi connectivity index (χ1) is 5.57. The number of hydrogen-bond donors (Lipinski definition) is 1. The first-order valence-corrected chi connectivity index (χ1v) is 8.37. The normalized spacial score (nSPS) is 19.6. The second-order valence-electron chi connectivity index (χ2n) is 3.57. The average molecular weight is 219 g/mol. The molecule has 0 saturated heterocycles. The highest BCUT2D eigenvalue weighted by Gasteiger charge is 2.27. The molecule has 0 spiro atoms. The molecule has 4 heteroatoms. The predicted molar refractivity (Wildman–Crippen MR) is 60.8 cm³/mol. The van der Waals surface area contributed by atoms with Gasteiger partial charge in [-0.15, -0.1) is 23.0 Å². The lowest BCUT2D eigenvalue weighted by molar-refractivity contribution is 1.03. The molecule has 0 atom stereocenters. The fourth-order valence-electron chi connectivity index (χ4n) is 1.02. The van der Waals surface area contributed by atoms with Crippen LogP contribution in [0.5, 0.6) is 0 Å². The minimum atomic E-state index is -0.894. The molecule has 0 bridgehead atoms. The van der Waals surface area contributed by atoms with Crippen LogP contribution in [0.25, 0.3) is 0 Å². The van der Waals surface area contributed by atoms with Gasteiger partial charge in [-0.1, -0.05) is 0 Å². The minimum absolute atomic E-state index is 0.791. The van der Waals surface area contributed by atoms with Crippen LogP contribution in [0.1, 0.15) is 23.8 Å². The summed E-state index contributed by atoms with van der Waals surface area (Å²) in [6.45, 7) is 0. The van der Waals surface area contributed by atoms with Crippen LogP contribution in [0, 0.1) is 0 Å². The molecule has 0 radical (unpaired) electrons. The first kappa shape index (κ1) is 8.91. The third-order valence-corrected chi connectivity index (χ3v) is 4.89. The lowest BCUT2D eigenvalue weighted by Gasteiger charge is -2.20. The Morgan fingerprint density at radius 3 is 2.67 bits per heavy atom. The van der Waals surface area contributed by atoms with Crippen molar-refractivity contribution in [1.29, 1.82) is 0 Å². The van der Waals surface area contributed by atoms with Crippen LogP contribution in [0.4, 0.5) is 0 Å². The van der Waals surface area contributed by atoms with E-state index in [1.54, 1.807) is 0 Å². The Balaban J connectivity index is 2.23. The van der Waals surface area contributed by atoms with E-state index in [0.29, 0.717) is 0 Å². The van der Waals surface area contributed by atoms with Crippen LogP contribution in [-0.2, 0) is 0 Å². The van der Waals surface area contributed by atoms with Crippen LogP contribution in [-0.4, -0.2) is 17.5 Å². The van der Waals surface area contributed by atoms with Crippen LogP contribution < -0.4 is 0 Å². The van der Waals surface area contributed by atoms with Crippen molar-refractivity contribution in [2.24, 2.45) is 0 Å². The second-order valence-corrected chi connectivity index (χ2v) is 10.2. The van der Waals surface area contributed by atoms with Crippen molar-refractivity contribution < 1.29 is 0 Å². The fraction of sp³-hybridized carbons (Fsp3) is 0.625. The Kier molecular flexibility index (Phi) is 2.17. The molecule has 0 aliphatic heterocycles. The minimum Gasteiger partial charge on any atom is -0.235 e. The SMILES string of the molecule is CS(C)(S)c1csc(C2CC2)n1. The van der Waals surface area contributed by atoms with E-state index in [4.69, 9.17) is 0 Å². The Bertz CT molecular complexity index is 283. The Morgan fingerprint density at radius 2 is 2.25 bits per heavy atom. The van der Waals surface area contributed by atoms with Gasteiger partial charge in [0.1, 0.15) is 0 Å². The average Bonchev–Trinajstić information content (AvgIpc) is 2.66. The molecule has 1 aliphatic carbocycles. The van der Waals surface area contributed by atoms with E-state index >= 15 is 0 Å². The van der Waals surface area contributed by atoms with Crippen LogP contribution in [0.2, 0.25) is 0 Å². The summed E-state index contributed by atoms with van der Waals surface area (Å²) in [6.07, 6.45) is 7.02. The number of aromatic nitrogens is 1. The number of rotatable bonds is 2. The summed E-state index contributed by atoms with van der Waals surface area (Å²) in [5, 5.41) is 4.72. The highest BCUT2D eigenvalue weighted by atomic mass is 33.1. The third kappa shape index (κ3) is 1.80. The van der Waals surface area contributed by atoms with Gasteiger partial charge >= 0.3 is 0 Å². The number of nitrogens with zero attached hydrogens (tertiary/aromatic N) is 1. The highest BCUT2D eigenvalue weighted by molar-refractivity contribution is 8.87. The van der Waals surface area contributed by atoms with Gasteiger partial charge in [-0.2, -0.15) is 9.06 Å². The second kappa shape index (κ2) is 2.93. The largest absolute Gasteiger partial charge is 0.235 e. The molecule has 0 aromatic carbocycles. The van der Waals surface area contributed by atoms with Crippen molar-refractivity contribution in [2.45, 2.75) is 23.8 Å². The van der Waals surface area contributed by atoms with Gasteiger partial charge in [0.2, 0.25) is 0 Å². The van der Waals surface area contributed by atoms with Gasteiger partial charge in [0.25, 0.3) is 0 Å². The highest BCUT2D eigenvalue weighted by Crippen LogP contribution is 2.54. The molecule has 1 nitrogen and oxygen atoms in total. The topological polar surface area (TPSA) is 12.9 Å². The van der Waals surface area contributed by atoms with Crippen molar-refractivity contribution in [3.63, 3.8) is 0 Å². The Morgan fingerprint density at radius 1 is 1.58 bits per heavy atom. The molecule has 68 valence electrons. The number of thiazole rings is 1. The quantitative estimate of drug-likeness (QED) is 0.595. The van der Waals surface area contributed by atoms with Gasteiger partial charge in [-0.25, -0.2) is 4.98 Å². The van der Waals surface area contributed by atoms with E-state index in [2.05, 4.69) is 34.5 Å². The van der Waals surface area contributed by atoms with Gasteiger partial charge in [0, 0.05) is 11.3 Å². The standard InChI is InChI=1S/C8H13NS3/c1-12(2,10)7-5-11-8(9-7)6-3-4-6/h5-6,10H,3-4H2,1-2H3. The van der Waals surface area contributed by atoms with E-state index in [-0.39, 0.29) is 0 Å². The molecular formula is C8H13NS3. The van der Waals surface area contributed by atoms with Crippen LogP contribution in [0.15, 0.2) is 10.4 Å². The summed E-state index contributed by atoms with van der Waals surface area (Å²) >= 11 is 6.38. The zero-order valence-corrected chi connectivity index (χ0v) is 9.81. The molecule has 12 heavy (non-hydrogen) atoms. The zero-order valence-electron chi connectivity index (χ0n) is 7.28. The zero-order chi connectivity index (χ0) is 8.77. The van der Waals surface area contributed by atoms with Gasteiger partial charge in [0.05, 0.1) is 10.0 Å². The molecule has 1 aromatic rings. The maximum absolute atomic E-state index is 4.62. The smallest absolute Gasteiger partial charge is 0.0983 e. The Labute approximate surface area is 83.7 Å². The summed E-state index contributed by atoms with van der Waals surface area (Å²) in [4.78, 5) is 4.62. The monoisotopic (exact) mass is 219 g/mol. The molecule has 2 rings (SSSR count). The summed E-state index contributed by atoms with van der Waals surface area (Å²) in [5.41, 5.74) is 0. The van der Waals surface area contributed by atoms with Crippen molar-refractivity contribution >= 4 is 32.1 Å². The lowest BCUT2D eigenvalue weighted by atomic mass is 10.5. The molecule has 1 saturated carbocycles. The number of hydrogen-bond acceptors (Lipinski definition) is 3. The lowest BCUT2D eigenvalue weighted by Crippen LogP contribution is -1.87. The van der Waals surface area contributed by atoms with Crippen molar-refractivity contribution in [2.75, 3.05) is 12.5 Å². The summed E-state index contributed by atoms with van der Waals surface area (Å²) in [5.74, 6) is 0.791. The summed E-state index contributed by atoms with van der Waals surface area (Å²) in [6, 6.07) is 0. The first-order valence-electron chi connectivity index (χ1n) is 3.98. The molecule has 0 N–H and O–H groups in total. The maximum Gasteiger partial charge on any atom is 0.0983 e. The third-order valence-electron chi connectivity index (χ3n) is 1.94. The molecule has 0 unspecified atom stereocenters. The van der Waals surface area contributed by atoms with Crippen molar-refractivity contribution in [3.05, 3.63) is 10.4 Å². The molecule has 1 aliphatic rings. The number of thiol groups is 1. The fourth-order valence-corrected chi connectivity index (χ4v) is 3.85. The van der Waals surface area contributed by atoms with Crippen molar-refractivity contribution in [3.8, 4) is 0 Å². The Hall–Kier alpha value is 0.330. The van der Waals surface area contributed by atoms with E-state index in [9.17, 15) is 0 Å². The van der Waals surface area contributed by atoms with Crippen molar-refractivity contribution in [1.82, 2.24) is 4.98 Å². The molecule has 1 aromatic heterocycles. The van der Waals surface area contributed by atoms with Gasteiger partial charge < -0.3 is 0 Å². The van der Waals surface area contributed by atoms with Crippen LogP contribution in [0.3, 0.4) is 0 Å². The predicted octanol–water partition coefficient (Wildman–Crippen LogP) is 3.29. The molecule has 1 heterocycles. The summed E-state index contributed by atoms with van der Waals surface area (Å²) in [7, 11) is -0.894. The molecule has 0 amide bonds. The van der Waals surface area contributed by atoms with E-state index < -0.39 is 9.06 Å². The van der Waals surface area contributed by atoms with E-state index in [1.165, 1.54) is 22.9 Å². The van der Waals surface area contributed by atoms with E-state index in [0.717, 1.165) is 5.92 Å². The molecular weight excluding hydrogens is 206 g/mol. The molecule has 1 fully saturated rings. The van der Waals surface area contributed by atoms with Gasteiger partial charge in [-0.05, 0) is 25.4 Å². The van der Waals surface area contributed by atoms with Gasteiger partial charge in [0.15, 0.2) is 0 Å². The van der Waals surface area contributed by atoms with E-state index in [1.807, 2.05) is 11.3 Å². The maximum atomic E-state index is 4.62.